The second-order valence-corrected chi connectivity index (χ2v) is 3.66. The number of carbonyl (C=O) groups excluding carboxylic acids is 1. The van der Waals surface area contributed by atoms with Crippen LogP contribution < -0.4 is 0 Å². The molecular weight excluding hydrogens is 204 g/mol. The van der Waals surface area contributed by atoms with Gasteiger partial charge in [-0.15, -0.1) is 0 Å². The van der Waals surface area contributed by atoms with Crippen molar-refractivity contribution in [3.05, 3.63) is 29.6 Å². The van der Waals surface area contributed by atoms with Gasteiger partial charge >= 0.3 is 5.97 Å². The maximum atomic E-state index is 11.3. The van der Waals surface area contributed by atoms with Gasteiger partial charge in [0.25, 0.3) is 0 Å². The third kappa shape index (κ3) is 1.91. The number of hydrogen-bond acceptors (Lipinski definition) is 3. The molecule has 0 saturated carbocycles. The first-order chi connectivity index (χ1) is 7.74. The van der Waals surface area contributed by atoms with Crippen molar-refractivity contribution in [2.24, 2.45) is 0 Å². The van der Waals surface area contributed by atoms with Gasteiger partial charge in [0.15, 0.2) is 0 Å². The number of methoxy groups -OCH3 is 1. The van der Waals surface area contributed by atoms with Crippen LogP contribution in [0.2, 0.25) is 0 Å². The highest BCUT2D eigenvalue weighted by atomic mass is 16.5. The van der Waals surface area contributed by atoms with Crippen LogP contribution in [0.1, 0.15) is 29.5 Å². The number of aromatic nitrogens is 2. The lowest BCUT2D eigenvalue weighted by Crippen LogP contribution is -2.00. The molecule has 0 saturated heterocycles. The number of hydrogen-bond donors (Lipinski definition) is 1. The minimum absolute atomic E-state index is 0.332. The topological polar surface area (TPSA) is 55.0 Å². The highest BCUT2D eigenvalue weighted by molar-refractivity contribution is 5.93. The summed E-state index contributed by atoms with van der Waals surface area (Å²) in [4.78, 5) is 19.0. The summed E-state index contributed by atoms with van der Waals surface area (Å²) in [6, 6.07) is 5.34. The van der Waals surface area contributed by atoms with Crippen LogP contribution in [0.25, 0.3) is 11.0 Å². The molecule has 0 unspecified atom stereocenters. The van der Waals surface area contributed by atoms with Crippen molar-refractivity contribution in [1.29, 1.82) is 0 Å². The van der Waals surface area contributed by atoms with E-state index in [-0.39, 0.29) is 5.97 Å². The Hall–Kier alpha value is -1.84. The number of fused-ring (bicyclic) bond motifs is 1. The average molecular weight is 218 g/mol. The van der Waals surface area contributed by atoms with E-state index in [0.29, 0.717) is 5.56 Å². The van der Waals surface area contributed by atoms with E-state index in [1.807, 2.05) is 6.07 Å². The summed E-state index contributed by atoms with van der Waals surface area (Å²) >= 11 is 0. The maximum Gasteiger partial charge on any atom is 0.337 e. The summed E-state index contributed by atoms with van der Waals surface area (Å²) < 4.78 is 4.66. The zero-order valence-corrected chi connectivity index (χ0v) is 9.41. The van der Waals surface area contributed by atoms with Crippen molar-refractivity contribution in [1.82, 2.24) is 9.97 Å². The quantitative estimate of drug-likeness (QED) is 0.804. The van der Waals surface area contributed by atoms with Crippen LogP contribution in [0.4, 0.5) is 0 Å². The predicted octanol–water partition coefficient (Wildman–Crippen LogP) is 2.30. The van der Waals surface area contributed by atoms with Gasteiger partial charge in [0.05, 0.1) is 23.7 Å². The van der Waals surface area contributed by atoms with Gasteiger partial charge in [0.1, 0.15) is 5.82 Å². The molecule has 1 N–H and O–H groups in total. The number of imidazole rings is 1. The molecule has 0 radical (unpaired) electrons. The smallest absolute Gasteiger partial charge is 0.337 e. The zero-order chi connectivity index (χ0) is 11.5. The zero-order valence-electron chi connectivity index (χ0n) is 9.41. The maximum absolute atomic E-state index is 11.3. The number of esters is 1. The molecule has 1 aromatic carbocycles. The molecule has 84 valence electrons. The number of nitrogens with zero attached hydrogens (tertiary/aromatic N) is 1. The highest BCUT2D eigenvalue weighted by Crippen LogP contribution is 2.15. The van der Waals surface area contributed by atoms with E-state index in [4.69, 9.17) is 0 Å². The van der Waals surface area contributed by atoms with Crippen molar-refractivity contribution in [2.75, 3.05) is 7.11 Å². The fraction of sp³-hybridized carbons (Fsp3) is 0.333. The molecule has 2 rings (SSSR count). The Kier molecular flexibility index (Phi) is 2.90. The minimum atomic E-state index is -0.332. The van der Waals surface area contributed by atoms with E-state index >= 15 is 0 Å². The molecule has 16 heavy (non-hydrogen) atoms. The second kappa shape index (κ2) is 4.35. The molecule has 0 amide bonds. The third-order valence-electron chi connectivity index (χ3n) is 2.44. The van der Waals surface area contributed by atoms with Crippen LogP contribution in [-0.2, 0) is 11.2 Å². The fourth-order valence-corrected chi connectivity index (χ4v) is 1.66. The lowest BCUT2D eigenvalue weighted by Gasteiger charge is -1.97. The van der Waals surface area contributed by atoms with Gasteiger partial charge in [-0.25, -0.2) is 9.78 Å². The number of aromatic amines is 1. The van der Waals surface area contributed by atoms with Gasteiger partial charge in [0.2, 0.25) is 0 Å². The van der Waals surface area contributed by atoms with Crippen molar-refractivity contribution in [3.63, 3.8) is 0 Å². The van der Waals surface area contributed by atoms with Gasteiger partial charge in [0, 0.05) is 6.42 Å². The van der Waals surface area contributed by atoms with Gasteiger partial charge in [-0.05, 0) is 24.6 Å². The summed E-state index contributed by atoms with van der Waals surface area (Å²) in [6.07, 6.45) is 1.96. The number of carbonyl (C=O) groups is 1. The molecule has 1 heterocycles. The summed E-state index contributed by atoms with van der Waals surface area (Å²) in [5.74, 6) is 0.626. The first kappa shape index (κ1) is 10.7. The lowest BCUT2D eigenvalue weighted by atomic mass is 10.2. The van der Waals surface area contributed by atoms with E-state index < -0.39 is 0 Å². The average Bonchev–Trinajstić information content (AvgIpc) is 2.69. The summed E-state index contributed by atoms with van der Waals surface area (Å²) in [6.45, 7) is 2.10. The van der Waals surface area contributed by atoms with Gasteiger partial charge < -0.3 is 9.72 Å². The van der Waals surface area contributed by atoms with Gasteiger partial charge in [-0.2, -0.15) is 0 Å². The standard InChI is InChI=1S/C12H14N2O2/c1-3-4-11-13-9-6-5-8(12(15)16-2)7-10(9)14-11/h5-7H,3-4H2,1-2H3,(H,13,14). The summed E-state index contributed by atoms with van der Waals surface area (Å²) in [5, 5.41) is 0. The lowest BCUT2D eigenvalue weighted by molar-refractivity contribution is 0.0601. The van der Waals surface area contributed by atoms with E-state index in [9.17, 15) is 4.79 Å². The number of rotatable bonds is 3. The molecule has 0 bridgehead atoms. The number of ether oxygens (including phenoxy) is 1. The van der Waals surface area contributed by atoms with E-state index in [1.165, 1.54) is 7.11 Å². The molecule has 0 atom stereocenters. The van der Waals surface area contributed by atoms with E-state index in [2.05, 4.69) is 21.6 Å². The molecule has 0 aliphatic heterocycles. The van der Waals surface area contributed by atoms with Gasteiger partial charge in [-0.3, -0.25) is 0 Å². The Balaban J connectivity index is 2.41. The second-order valence-electron chi connectivity index (χ2n) is 3.66. The number of aryl methyl sites for hydroxylation is 1. The van der Waals surface area contributed by atoms with Crippen LogP contribution in [0, 0.1) is 0 Å². The van der Waals surface area contributed by atoms with Crippen LogP contribution in [0.5, 0.6) is 0 Å². The molecule has 1 aromatic heterocycles. The predicted molar refractivity (Wildman–Crippen MR) is 61.4 cm³/mol. The minimum Gasteiger partial charge on any atom is -0.465 e. The van der Waals surface area contributed by atoms with Crippen LogP contribution in [0.15, 0.2) is 18.2 Å². The van der Waals surface area contributed by atoms with Crippen molar-refractivity contribution in [2.45, 2.75) is 19.8 Å². The Morgan fingerprint density at radius 1 is 1.50 bits per heavy atom. The Labute approximate surface area is 93.6 Å². The van der Waals surface area contributed by atoms with Crippen molar-refractivity contribution >= 4 is 17.0 Å². The first-order valence-electron chi connectivity index (χ1n) is 5.31. The molecule has 2 aromatic rings. The summed E-state index contributed by atoms with van der Waals surface area (Å²) in [7, 11) is 1.37. The van der Waals surface area contributed by atoms with E-state index in [0.717, 1.165) is 29.7 Å². The highest BCUT2D eigenvalue weighted by Gasteiger charge is 2.08. The van der Waals surface area contributed by atoms with Crippen LogP contribution in [-0.4, -0.2) is 23.0 Å². The molecule has 0 aliphatic rings. The number of nitrogens with one attached hydrogen (secondary N) is 1. The Morgan fingerprint density at radius 3 is 3.00 bits per heavy atom. The van der Waals surface area contributed by atoms with Gasteiger partial charge in [-0.1, -0.05) is 6.92 Å². The van der Waals surface area contributed by atoms with Crippen LogP contribution in [0.3, 0.4) is 0 Å². The number of H-pyrrole nitrogens is 1. The fourth-order valence-electron chi connectivity index (χ4n) is 1.66. The van der Waals surface area contributed by atoms with E-state index in [1.54, 1.807) is 12.1 Å². The molecule has 0 spiro atoms. The Morgan fingerprint density at radius 2 is 2.31 bits per heavy atom. The van der Waals surface area contributed by atoms with Crippen LogP contribution >= 0.6 is 0 Å². The normalized spacial score (nSPS) is 10.6. The molecule has 0 fully saturated rings. The SMILES string of the molecule is CCCc1nc2cc(C(=O)OC)ccc2[nH]1. The largest absolute Gasteiger partial charge is 0.465 e. The molecule has 4 nitrogen and oxygen atoms in total. The molecular formula is C12H14N2O2. The molecule has 4 heteroatoms. The third-order valence-corrected chi connectivity index (χ3v) is 2.44. The summed E-state index contributed by atoms with van der Waals surface area (Å²) in [5.41, 5.74) is 2.30. The molecule has 0 aliphatic carbocycles. The monoisotopic (exact) mass is 218 g/mol. The van der Waals surface area contributed by atoms with Crippen molar-refractivity contribution < 1.29 is 9.53 Å². The first-order valence-corrected chi connectivity index (χ1v) is 5.31. The van der Waals surface area contributed by atoms with Crippen molar-refractivity contribution in [3.8, 4) is 0 Å². The number of benzene rings is 1. The Bertz CT molecular complexity index is 517.